The van der Waals surface area contributed by atoms with Gasteiger partial charge in [0.15, 0.2) is 0 Å². The maximum Gasteiger partial charge on any atom is 0.319 e. The number of benzene rings is 2. The van der Waals surface area contributed by atoms with Gasteiger partial charge in [-0.15, -0.1) is 0 Å². The summed E-state index contributed by atoms with van der Waals surface area (Å²) in [6.07, 6.45) is 7.60. The molecule has 1 aliphatic carbocycles. The minimum atomic E-state index is -0.174. The minimum Gasteiger partial charge on any atom is -0.372 e. The number of carbonyl (C=O) groups is 1. The van der Waals surface area contributed by atoms with Crippen molar-refractivity contribution in [3.05, 3.63) is 53.7 Å². The molecule has 2 aromatic carbocycles. The molecule has 6 heteroatoms. The molecule has 0 spiro atoms. The maximum atomic E-state index is 12.6. The van der Waals surface area contributed by atoms with Crippen LogP contribution >= 0.6 is 0 Å². The van der Waals surface area contributed by atoms with Crippen LogP contribution in [0.4, 0.5) is 16.2 Å². The van der Waals surface area contributed by atoms with E-state index in [1.165, 1.54) is 36.1 Å². The summed E-state index contributed by atoms with van der Waals surface area (Å²) in [6, 6.07) is 12.4. The molecule has 1 atom stereocenters. The van der Waals surface area contributed by atoms with Crippen LogP contribution in [0.5, 0.6) is 0 Å². The van der Waals surface area contributed by atoms with Crippen molar-refractivity contribution >= 4 is 28.3 Å². The quantitative estimate of drug-likeness (QED) is 0.637. The lowest BCUT2D eigenvalue weighted by atomic mass is 10.0. The van der Waals surface area contributed by atoms with E-state index in [2.05, 4.69) is 43.9 Å². The Labute approximate surface area is 164 Å². The Balaban J connectivity index is 1.28. The highest BCUT2D eigenvalue weighted by molar-refractivity contribution is 6.00. The van der Waals surface area contributed by atoms with Crippen molar-refractivity contribution in [2.75, 3.05) is 23.3 Å². The van der Waals surface area contributed by atoms with Crippen molar-refractivity contribution in [2.45, 2.75) is 38.1 Å². The van der Waals surface area contributed by atoms with Crippen LogP contribution in [0.15, 0.2) is 42.6 Å². The molecule has 3 N–H and O–H groups in total. The Bertz CT molecular complexity index is 1010. The van der Waals surface area contributed by atoms with Gasteiger partial charge in [0.1, 0.15) is 0 Å². The van der Waals surface area contributed by atoms with Gasteiger partial charge in [-0.1, -0.05) is 12.1 Å². The summed E-state index contributed by atoms with van der Waals surface area (Å²) >= 11 is 0. The third-order valence-electron chi connectivity index (χ3n) is 5.96. The van der Waals surface area contributed by atoms with Crippen molar-refractivity contribution in [1.29, 1.82) is 0 Å². The van der Waals surface area contributed by atoms with Crippen LogP contribution in [0.1, 0.15) is 42.9 Å². The highest BCUT2D eigenvalue weighted by Crippen LogP contribution is 2.34. The van der Waals surface area contributed by atoms with Gasteiger partial charge in [-0.3, -0.25) is 5.10 Å². The zero-order valence-corrected chi connectivity index (χ0v) is 15.9. The average Bonchev–Trinajstić information content (AvgIpc) is 3.36. The fourth-order valence-electron chi connectivity index (χ4n) is 4.50. The van der Waals surface area contributed by atoms with Crippen LogP contribution in [0.25, 0.3) is 10.9 Å². The maximum absolute atomic E-state index is 12.6. The highest BCUT2D eigenvalue weighted by atomic mass is 16.2. The second kappa shape index (κ2) is 7.19. The van der Waals surface area contributed by atoms with Crippen LogP contribution in [0.3, 0.4) is 0 Å². The Morgan fingerprint density at radius 3 is 2.93 bits per heavy atom. The first kappa shape index (κ1) is 17.1. The summed E-state index contributed by atoms with van der Waals surface area (Å²) in [5.74, 6) is 0. The Morgan fingerprint density at radius 1 is 1.14 bits per heavy atom. The van der Waals surface area contributed by atoms with Gasteiger partial charge >= 0.3 is 6.03 Å². The topological polar surface area (TPSA) is 73.0 Å². The molecule has 2 amide bonds. The normalized spacial score (nSPS) is 18.9. The largest absolute Gasteiger partial charge is 0.372 e. The molecule has 2 heterocycles. The zero-order chi connectivity index (χ0) is 18.9. The molecule has 1 aromatic heterocycles. The predicted octanol–water partition coefficient (Wildman–Crippen LogP) is 4.36. The van der Waals surface area contributed by atoms with Gasteiger partial charge in [0.25, 0.3) is 0 Å². The Morgan fingerprint density at radius 2 is 2.04 bits per heavy atom. The molecule has 0 radical (unpaired) electrons. The van der Waals surface area contributed by atoms with Crippen LogP contribution < -0.4 is 15.5 Å². The van der Waals surface area contributed by atoms with Crippen LogP contribution in [0.2, 0.25) is 0 Å². The molecule has 1 fully saturated rings. The number of hydrogen-bond donors (Lipinski definition) is 3. The summed E-state index contributed by atoms with van der Waals surface area (Å²) in [6.45, 7) is 2.31. The van der Waals surface area contributed by atoms with Crippen molar-refractivity contribution in [1.82, 2.24) is 15.5 Å². The smallest absolute Gasteiger partial charge is 0.319 e. The lowest BCUT2D eigenvalue weighted by Crippen LogP contribution is -2.31. The van der Waals surface area contributed by atoms with Crippen molar-refractivity contribution in [3.8, 4) is 0 Å². The summed E-state index contributed by atoms with van der Waals surface area (Å²) < 4.78 is 0. The molecule has 144 valence electrons. The summed E-state index contributed by atoms with van der Waals surface area (Å²) in [5, 5.41) is 14.0. The standard InChI is InChI=1S/C22H25N5O/c28-22(24-19-5-4-6-21-18(19)14-23-26-21)25-20-10-7-15-13-16(8-9-17(15)20)27-11-2-1-3-12-27/h4-6,8-9,13-14,20H,1-3,7,10-12H2,(H,23,26)(H2,24,25,28). The number of rotatable bonds is 3. The number of aryl methyl sites for hydroxylation is 1. The molecule has 1 saturated heterocycles. The number of urea groups is 1. The van der Waals surface area contributed by atoms with Gasteiger partial charge < -0.3 is 15.5 Å². The van der Waals surface area contributed by atoms with Gasteiger partial charge in [0, 0.05) is 24.2 Å². The lowest BCUT2D eigenvalue weighted by Gasteiger charge is -2.29. The monoisotopic (exact) mass is 375 g/mol. The van der Waals surface area contributed by atoms with Gasteiger partial charge in [0.2, 0.25) is 0 Å². The first-order valence-electron chi connectivity index (χ1n) is 10.2. The number of amides is 2. The fraction of sp³-hybridized carbons (Fsp3) is 0.364. The third-order valence-corrected chi connectivity index (χ3v) is 5.96. The molecule has 28 heavy (non-hydrogen) atoms. The van der Waals surface area contributed by atoms with E-state index in [9.17, 15) is 4.79 Å². The van der Waals surface area contributed by atoms with E-state index in [-0.39, 0.29) is 12.1 Å². The first-order chi connectivity index (χ1) is 13.8. The molecule has 2 aliphatic rings. The van der Waals surface area contributed by atoms with Crippen molar-refractivity contribution < 1.29 is 4.79 Å². The number of hydrogen-bond acceptors (Lipinski definition) is 3. The van der Waals surface area contributed by atoms with E-state index in [4.69, 9.17) is 0 Å². The van der Waals surface area contributed by atoms with E-state index in [1.54, 1.807) is 6.20 Å². The second-order valence-electron chi connectivity index (χ2n) is 7.76. The van der Waals surface area contributed by atoms with E-state index in [1.807, 2.05) is 18.2 Å². The molecule has 5 rings (SSSR count). The first-order valence-corrected chi connectivity index (χ1v) is 10.2. The highest BCUT2D eigenvalue weighted by Gasteiger charge is 2.25. The minimum absolute atomic E-state index is 0.0639. The summed E-state index contributed by atoms with van der Waals surface area (Å²) in [4.78, 5) is 15.1. The molecule has 1 aliphatic heterocycles. The van der Waals surface area contributed by atoms with Crippen LogP contribution in [-0.2, 0) is 6.42 Å². The van der Waals surface area contributed by atoms with E-state index >= 15 is 0 Å². The van der Waals surface area contributed by atoms with Crippen LogP contribution in [-0.4, -0.2) is 29.3 Å². The Kier molecular flexibility index (Phi) is 4.39. The zero-order valence-electron chi connectivity index (χ0n) is 15.9. The van der Waals surface area contributed by atoms with E-state index in [0.29, 0.717) is 0 Å². The number of aromatic amines is 1. The number of nitrogens with one attached hydrogen (secondary N) is 3. The number of aromatic nitrogens is 2. The number of H-pyrrole nitrogens is 1. The van der Waals surface area contributed by atoms with Gasteiger partial charge in [-0.2, -0.15) is 5.10 Å². The molecule has 1 unspecified atom stereocenters. The van der Waals surface area contributed by atoms with Crippen molar-refractivity contribution in [2.24, 2.45) is 0 Å². The number of carbonyl (C=O) groups excluding carboxylic acids is 1. The van der Waals surface area contributed by atoms with E-state index < -0.39 is 0 Å². The fourth-order valence-corrected chi connectivity index (χ4v) is 4.50. The van der Waals surface area contributed by atoms with Gasteiger partial charge in [-0.25, -0.2) is 4.79 Å². The second-order valence-corrected chi connectivity index (χ2v) is 7.76. The molecule has 0 saturated carbocycles. The number of nitrogens with zero attached hydrogens (tertiary/aromatic N) is 2. The van der Waals surface area contributed by atoms with Gasteiger partial charge in [0.05, 0.1) is 23.4 Å². The Hall–Kier alpha value is -3.02. The molecule has 0 bridgehead atoms. The number of fused-ring (bicyclic) bond motifs is 2. The number of piperidine rings is 1. The summed E-state index contributed by atoms with van der Waals surface area (Å²) in [5.41, 5.74) is 5.62. The molecule has 3 aromatic rings. The molecular weight excluding hydrogens is 350 g/mol. The van der Waals surface area contributed by atoms with Crippen LogP contribution in [0, 0.1) is 0 Å². The van der Waals surface area contributed by atoms with Gasteiger partial charge in [-0.05, 0) is 67.5 Å². The molecular formula is C22H25N5O. The molecule has 6 nitrogen and oxygen atoms in total. The lowest BCUT2D eigenvalue weighted by molar-refractivity contribution is 0.248. The SMILES string of the molecule is O=C(Nc1cccc2[nH]ncc12)NC1CCc2cc(N3CCCCC3)ccc21. The predicted molar refractivity (Wildman–Crippen MR) is 112 cm³/mol. The summed E-state index contributed by atoms with van der Waals surface area (Å²) in [7, 11) is 0. The number of anilines is 2. The van der Waals surface area contributed by atoms with E-state index in [0.717, 1.165) is 42.5 Å². The third kappa shape index (κ3) is 3.19. The average molecular weight is 375 g/mol. The van der Waals surface area contributed by atoms with Crippen molar-refractivity contribution in [3.63, 3.8) is 0 Å².